The van der Waals surface area contributed by atoms with Gasteiger partial charge in [0.25, 0.3) is 0 Å². The lowest BCUT2D eigenvalue weighted by Gasteiger charge is -2.19. The van der Waals surface area contributed by atoms with Gasteiger partial charge in [0.15, 0.2) is 0 Å². The van der Waals surface area contributed by atoms with Crippen LogP contribution >= 0.6 is 0 Å². The zero-order valence-electron chi connectivity index (χ0n) is 8.05. The first-order valence-electron chi connectivity index (χ1n) is 4.88. The first-order valence-corrected chi connectivity index (χ1v) is 4.88. The van der Waals surface area contributed by atoms with E-state index in [9.17, 15) is 5.11 Å². The van der Waals surface area contributed by atoms with Crippen molar-refractivity contribution >= 4 is 16.8 Å². The van der Waals surface area contributed by atoms with Crippen molar-refractivity contribution in [3.63, 3.8) is 0 Å². The van der Waals surface area contributed by atoms with Crippen LogP contribution in [0.25, 0.3) is 16.8 Å². The normalized spacial score (nSPS) is 18.6. The maximum Gasteiger partial charge on any atom is 0.223 e. The summed E-state index contributed by atoms with van der Waals surface area (Å²) in [6.07, 6.45) is 2.60. The lowest BCUT2D eigenvalue weighted by Crippen LogP contribution is -2.05. The molecule has 0 amide bonds. The average molecular weight is 198 g/mol. The summed E-state index contributed by atoms with van der Waals surface area (Å²) < 4.78 is 5.03. The molecular weight excluding hydrogens is 188 g/mol. The maximum atomic E-state index is 9.65. The van der Waals surface area contributed by atoms with Crippen molar-refractivity contribution in [3.05, 3.63) is 53.8 Å². The summed E-state index contributed by atoms with van der Waals surface area (Å²) in [5.74, 6) is 0. The lowest BCUT2D eigenvalue weighted by atomic mass is 9.98. The second-order valence-corrected chi connectivity index (χ2v) is 3.58. The standard InChI is InChI=1S/C13H10O2/c14-13-12-6-5-9-3-1-2-4-10(9)11(12)7-8-15-13/h1-8,13-14H. The number of aliphatic hydroxyl groups is 1. The summed E-state index contributed by atoms with van der Waals surface area (Å²) in [5.41, 5.74) is 1.88. The van der Waals surface area contributed by atoms with Crippen LogP contribution < -0.4 is 0 Å². The van der Waals surface area contributed by atoms with Gasteiger partial charge in [-0.3, -0.25) is 0 Å². The Bertz CT molecular complexity index is 543. The number of hydrogen-bond acceptors (Lipinski definition) is 2. The van der Waals surface area contributed by atoms with Crippen LogP contribution in [0.5, 0.6) is 0 Å². The van der Waals surface area contributed by atoms with Gasteiger partial charge in [0.2, 0.25) is 6.29 Å². The van der Waals surface area contributed by atoms with E-state index in [1.807, 2.05) is 30.3 Å². The Hall–Kier alpha value is -1.80. The number of aliphatic hydroxyl groups excluding tert-OH is 1. The topological polar surface area (TPSA) is 29.5 Å². The SMILES string of the molecule is OC1OC=Cc2c1ccc1ccccc21. The third-order valence-corrected chi connectivity index (χ3v) is 2.71. The van der Waals surface area contributed by atoms with Gasteiger partial charge in [-0.15, -0.1) is 0 Å². The predicted molar refractivity (Wildman–Crippen MR) is 59.0 cm³/mol. The number of benzene rings is 2. The number of fused-ring (bicyclic) bond motifs is 3. The molecule has 1 heterocycles. The van der Waals surface area contributed by atoms with Crippen LogP contribution in [0.4, 0.5) is 0 Å². The van der Waals surface area contributed by atoms with E-state index in [2.05, 4.69) is 12.1 Å². The van der Waals surface area contributed by atoms with Crippen molar-refractivity contribution in [2.45, 2.75) is 6.29 Å². The summed E-state index contributed by atoms with van der Waals surface area (Å²) in [5, 5.41) is 12.0. The van der Waals surface area contributed by atoms with E-state index in [4.69, 9.17) is 4.74 Å². The molecule has 2 aromatic carbocycles. The highest BCUT2D eigenvalue weighted by Gasteiger charge is 2.16. The van der Waals surface area contributed by atoms with Gasteiger partial charge in [-0.25, -0.2) is 0 Å². The maximum absolute atomic E-state index is 9.65. The zero-order chi connectivity index (χ0) is 10.3. The van der Waals surface area contributed by atoms with Crippen LogP contribution in [-0.2, 0) is 4.74 Å². The Morgan fingerprint density at radius 2 is 1.93 bits per heavy atom. The Morgan fingerprint density at radius 1 is 1.07 bits per heavy atom. The van der Waals surface area contributed by atoms with Crippen molar-refractivity contribution in [1.29, 1.82) is 0 Å². The third kappa shape index (κ3) is 1.22. The molecule has 0 saturated heterocycles. The molecule has 0 radical (unpaired) electrons. The fraction of sp³-hybridized carbons (Fsp3) is 0.0769. The molecule has 3 rings (SSSR count). The second kappa shape index (κ2) is 3.11. The summed E-state index contributed by atoms with van der Waals surface area (Å²) >= 11 is 0. The van der Waals surface area contributed by atoms with Crippen LogP contribution in [0.3, 0.4) is 0 Å². The summed E-state index contributed by atoms with van der Waals surface area (Å²) in [7, 11) is 0. The number of rotatable bonds is 0. The molecule has 0 saturated carbocycles. The molecule has 1 aliphatic heterocycles. The van der Waals surface area contributed by atoms with E-state index in [1.165, 1.54) is 5.39 Å². The summed E-state index contributed by atoms with van der Waals surface area (Å²) in [4.78, 5) is 0. The minimum absolute atomic E-state index is 0.830. The van der Waals surface area contributed by atoms with E-state index in [0.717, 1.165) is 16.5 Å². The Balaban J connectivity index is 2.39. The highest BCUT2D eigenvalue weighted by molar-refractivity contribution is 5.92. The second-order valence-electron chi connectivity index (χ2n) is 3.58. The van der Waals surface area contributed by atoms with Gasteiger partial charge in [0.05, 0.1) is 6.26 Å². The third-order valence-electron chi connectivity index (χ3n) is 2.71. The smallest absolute Gasteiger partial charge is 0.223 e. The van der Waals surface area contributed by atoms with Crippen LogP contribution in [0, 0.1) is 0 Å². The quantitative estimate of drug-likeness (QED) is 0.705. The highest BCUT2D eigenvalue weighted by Crippen LogP contribution is 2.31. The van der Waals surface area contributed by atoms with Gasteiger partial charge < -0.3 is 9.84 Å². The van der Waals surface area contributed by atoms with Gasteiger partial charge in [-0.1, -0.05) is 36.4 Å². The van der Waals surface area contributed by atoms with E-state index in [1.54, 1.807) is 6.26 Å². The Labute approximate surface area is 87.4 Å². The molecular formula is C13H10O2. The predicted octanol–water partition coefficient (Wildman–Crippen LogP) is 2.83. The molecule has 2 aromatic rings. The fourth-order valence-corrected chi connectivity index (χ4v) is 1.97. The Kier molecular flexibility index (Phi) is 1.76. The molecule has 15 heavy (non-hydrogen) atoms. The minimum Gasteiger partial charge on any atom is -0.468 e. The molecule has 0 bridgehead atoms. The molecule has 1 unspecified atom stereocenters. The molecule has 1 aliphatic rings. The zero-order valence-corrected chi connectivity index (χ0v) is 8.05. The molecule has 1 atom stereocenters. The van der Waals surface area contributed by atoms with Crippen LogP contribution in [0.15, 0.2) is 42.7 Å². The number of ether oxygens (including phenoxy) is 1. The minimum atomic E-state index is -0.838. The molecule has 0 fully saturated rings. The van der Waals surface area contributed by atoms with Crippen molar-refractivity contribution in [1.82, 2.24) is 0 Å². The monoisotopic (exact) mass is 198 g/mol. The van der Waals surface area contributed by atoms with Crippen molar-refractivity contribution < 1.29 is 9.84 Å². The van der Waals surface area contributed by atoms with Gasteiger partial charge >= 0.3 is 0 Å². The molecule has 0 aromatic heterocycles. The van der Waals surface area contributed by atoms with Gasteiger partial charge in [-0.05, 0) is 22.4 Å². The molecule has 2 nitrogen and oxygen atoms in total. The van der Waals surface area contributed by atoms with E-state index >= 15 is 0 Å². The molecule has 0 spiro atoms. The Morgan fingerprint density at radius 3 is 2.87 bits per heavy atom. The largest absolute Gasteiger partial charge is 0.468 e. The molecule has 2 heteroatoms. The molecule has 74 valence electrons. The summed E-state index contributed by atoms with van der Waals surface area (Å²) in [6.45, 7) is 0. The number of hydrogen-bond donors (Lipinski definition) is 1. The van der Waals surface area contributed by atoms with Crippen molar-refractivity contribution in [3.8, 4) is 0 Å². The lowest BCUT2D eigenvalue weighted by molar-refractivity contribution is -0.0553. The molecule has 1 N–H and O–H groups in total. The highest BCUT2D eigenvalue weighted by atomic mass is 16.6. The molecule has 0 aliphatic carbocycles. The average Bonchev–Trinajstić information content (AvgIpc) is 2.29. The van der Waals surface area contributed by atoms with Gasteiger partial charge in [-0.2, -0.15) is 0 Å². The fourth-order valence-electron chi connectivity index (χ4n) is 1.97. The van der Waals surface area contributed by atoms with Crippen LogP contribution in [0.1, 0.15) is 17.4 Å². The van der Waals surface area contributed by atoms with E-state index < -0.39 is 6.29 Å². The first kappa shape index (κ1) is 8.50. The summed E-state index contributed by atoms with van der Waals surface area (Å²) in [6, 6.07) is 12.0. The van der Waals surface area contributed by atoms with Crippen LogP contribution in [0.2, 0.25) is 0 Å². The van der Waals surface area contributed by atoms with E-state index in [-0.39, 0.29) is 0 Å². The first-order chi connectivity index (χ1) is 7.36. The van der Waals surface area contributed by atoms with E-state index in [0.29, 0.717) is 0 Å². The van der Waals surface area contributed by atoms with Crippen molar-refractivity contribution in [2.24, 2.45) is 0 Å². The van der Waals surface area contributed by atoms with Crippen LogP contribution in [-0.4, -0.2) is 5.11 Å². The van der Waals surface area contributed by atoms with Crippen molar-refractivity contribution in [2.75, 3.05) is 0 Å². The van der Waals surface area contributed by atoms with Gasteiger partial charge in [0.1, 0.15) is 0 Å². The van der Waals surface area contributed by atoms with Gasteiger partial charge in [0, 0.05) is 5.56 Å².